The second-order valence-electron chi connectivity index (χ2n) is 5.36. The highest BCUT2D eigenvalue weighted by Gasteiger charge is 2.23. The molecule has 0 aliphatic carbocycles. The predicted octanol–water partition coefficient (Wildman–Crippen LogP) is 2.29. The molecule has 0 radical (unpaired) electrons. The van der Waals surface area contributed by atoms with E-state index in [9.17, 15) is 9.18 Å². The van der Waals surface area contributed by atoms with E-state index in [1.54, 1.807) is 0 Å². The largest absolute Gasteiger partial charge is 0.466 e. The molecule has 1 aromatic rings. The predicted molar refractivity (Wildman–Crippen MR) is 80.9 cm³/mol. The van der Waals surface area contributed by atoms with E-state index in [1.165, 1.54) is 12.1 Å². The minimum Gasteiger partial charge on any atom is -0.466 e. The molecule has 4 nitrogen and oxygen atoms in total. The number of halogens is 1. The summed E-state index contributed by atoms with van der Waals surface area (Å²) in [6.45, 7) is 7.89. The van der Waals surface area contributed by atoms with Gasteiger partial charge in [-0.3, -0.25) is 9.69 Å². The van der Waals surface area contributed by atoms with Gasteiger partial charge in [0.25, 0.3) is 0 Å². The number of esters is 1. The van der Waals surface area contributed by atoms with E-state index in [-0.39, 0.29) is 17.8 Å². The van der Waals surface area contributed by atoms with Crippen molar-refractivity contribution in [3.63, 3.8) is 0 Å². The van der Waals surface area contributed by atoms with Gasteiger partial charge in [0.2, 0.25) is 0 Å². The molecule has 1 heterocycles. The van der Waals surface area contributed by atoms with Crippen molar-refractivity contribution in [3.05, 3.63) is 30.1 Å². The number of hydrogen-bond donors (Lipinski definition) is 0. The van der Waals surface area contributed by atoms with Crippen LogP contribution in [0.15, 0.2) is 24.3 Å². The molecule has 1 fully saturated rings. The summed E-state index contributed by atoms with van der Waals surface area (Å²) in [6, 6.07) is 6.80. The lowest BCUT2D eigenvalue weighted by atomic mass is 10.1. The highest BCUT2D eigenvalue weighted by Crippen LogP contribution is 2.18. The van der Waals surface area contributed by atoms with Gasteiger partial charge in [-0.15, -0.1) is 0 Å². The number of carbonyl (C=O) groups excluding carboxylic acids is 1. The Morgan fingerprint density at radius 2 is 1.86 bits per heavy atom. The van der Waals surface area contributed by atoms with Crippen LogP contribution in [-0.2, 0) is 9.53 Å². The van der Waals surface area contributed by atoms with E-state index < -0.39 is 0 Å². The maximum Gasteiger partial charge on any atom is 0.307 e. The molecule has 1 unspecified atom stereocenters. The van der Waals surface area contributed by atoms with E-state index in [0.717, 1.165) is 31.9 Å². The van der Waals surface area contributed by atoms with Crippen molar-refractivity contribution < 1.29 is 13.9 Å². The van der Waals surface area contributed by atoms with Gasteiger partial charge in [-0.1, -0.05) is 0 Å². The maximum absolute atomic E-state index is 12.9. The van der Waals surface area contributed by atoms with E-state index in [0.29, 0.717) is 13.0 Å². The molecule has 1 atom stereocenters. The van der Waals surface area contributed by atoms with Crippen molar-refractivity contribution in [2.24, 2.45) is 0 Å². The van der Waals surface area contributed by atoms with Crippen LogP contribution in [0, 0.1) is 5.82 Å². The Labute approximate surface area is 125 Å². The standard InChI is InChI=1S/C16H23FN2O2/c1-3-21-16(20)12-13(2)18-8-10-19(11-9-18)15-6-4-14(17)5-7-15/h4-7,13H,3,8-12H2,1-2H3. The van der Waals surface area contributed by atoms with Gasteiger partial charge in [0, 0.05) is 37.9 Å². The van der Waals surface area contributed by atoms with Gasteiger partial charge in [0.15, 0.2) is 0 Å². The topological polar surface area (TPSA) is 32.8 Å². The zero-order chi connectivity index (χ0) is 15.2. The fourth-order valence-electron chi connectivity index (χ4n) is 2.66. The summed E-state index contributed by atoms with van der Waals surface area (Å²) >= 11 is 0. The number of piperazine rings is 1. The molecule has 21 heavy (non-hydrogen) atoms. The summed E-state index contributed by atoms with van der Waals surface area (Å²) in [7, 11) is 0. The lowest BCUT2D eigenvalue weighted by Gasteiger charge is -2.38. The Kier molecular flexibility index (Phi) is 5.56. The minimum atomic E-state index is -0.208. The Balaban J connectivity index is 1.82. The van der Waals surface area contributed by atoms with Crippen molar-refractivity contribution in [2.75, 3.05) is 37.7 Å². The third kappa shape index (κ3) is 4.43. The van der Waals surface area contributed by atoms with Crippen LogP contribution >= 0.6 is 0 Å². The first-order chi connectivity index (χ1) is 10.1. The van der Waals surface area contributed by atoms with Crippen LogP contribution in [0.5, 0.6) is 0 Å². The second kappa shape index (κ2) is 7.41. The summed E-state index contributed by atoms with van der Waals surface area (Å²) in [6.07, 6.45) is 0.435. The molecule has 0 saturated carbocycles. The monoisotopic (exact) mass is 294 g/mol. The number of rotatable bonds is 5. The number of ether oxygens (including phenoxy) is 1. The van der Waals surface area contributed by atoms with Crippen LogP contribution < -0.4 is 4.90 Å². The van der Waals surface area contributed by atoms with Gasteiger partial charge < -0.3 is 9.64 Å². The van der Waals surface area contributed by atoms with Crippen molar-refractivity contribution in [3.8, 4) is 0 Å². The number of carbonyl (C=O) groups is 1. The van der Waals surface area contributed by atoms with Crippen LogP contribution in [0.4, 0.5) is 10.1 Å². The zero-order valence-electron chi connectivity index (χ0n) is 12.7. The molecule has 1 aliphatic heterocycles. The molecule has 1 aliphatic rings. The summed E-state index contributed by atoms with van der Waals surface area (Å²) < 4.78 is 17.9. The lowest BCUT2D eigenvalue weighted by Crippen LogP contribution is -2.50. The SMILES string of the molecule is CCOC(=O)CC(C)N1CCN(c2ccc(F)cc2)CC1. The summed E-state index contributed by atoms with van der Waals surface area (Å²) in [5, 5.41) is 0. The van der Waals surface area contributed by atoms with Gasteiger partial charge in [-0.2, -0.15) is 0 Å². The second-order valence-corrected chi connectivity index (χ2v) is 5.36. The lowest BCUT2D eigenvalue weighted by molar-refractivity contribution is -0.144. The fraction of sp³-hybridized carbons (Fsp3) is 0.562. The highest BCUT2D eigenvalue weighted by molar-refractivity contribution is 5.70. The number of benzene rings is 1. The summed E-state index contributed by atoms with van der Waals surface area (Å²) in [5.41, 5.74) is 1.05. The van der Waals surface area contributed by atoms with Crippen LogP contribution in [-0.4, -0.2) is 49.7 Å². The van der Waals surface area contributed by atoms with Gasteiger partial charge in [0.1, 0.15) is 5.82 Å². The molecule has 5 heteroatoms. The third-order valence-corrected chi connectivity index (χ3v) is 3.90. The van der Waals surface area contributed by atoms with Crippen LogP contribution in [0.2, 0.25) is 0 Å². The first-order valence-corrected chi connectivity index (χ1v) is 7.50. The molecule has 0 N–H and O–H groups in total. The van der Waals surface area contributed by atoms with Crippen molar-refractivity contribution in [1.82, 2.24) is 4.90 Å². The smallest absolute Gasteiger partial charge is 0.307 e. The molecule has 1 saturated heterocycles. The quantitative estimate of drug-likeness (QED) is 0.780. The molecular formula is C16H23FN2O2. The third-order valence-electron chi connectivity index (χ3n) is 3.90. The summed E-state index contributed by atoms with van der Waals surface area (Å²) in [5.74, 6) is -0.341. The van der Waals surface area contributed by atoms with E-state index in [2.05, 4.69) is 16.7 Å². The van der Waals surface area contributed by atoms with Gasteiger partial charge in [-0.25, -0.2) is 4.39 Å². The normalized spacial score (nSPS) is 17.6. The number of hydrogen-bond acceptors (Lipinski definition) is 4. The summed E-state index contributed by atoms with van der Waals surface area (Å²) in [4.78, 5) is 16.1. The molecule has 116 valence electrons. The van der Waals surface area contributed by atoms with Crippen molar-refractivity contribution >= 4 is 11.7 Å². The Morgan fingerprint density at radius 3 is 2.43 bits per heavy atom. The maximum atomic E-state index is 12.9. The molecule has 0 spiro atoms. The number of nitrogens with zero attached hydrogens (tertiary/aromatic N) is 2. The van der Waals surface area contributed by atoms with E-state index in [4.69, 9.17) is 4.74 Å². The van der Waals surface area contributed by atoms with Crippen LogP contribution in [0.25, 0.3) is 0 Å². The Bertz CT molecular complexity index is 456. The highest BCUT2D eigenvalue weighted by atomic mass is 19.1. The first-order valence-electron chi connectivity index (χ1n) is 7.50. The van der Waals surface area contributed by atoms with Gasteiger partial charge in [-0.05, 0) is 38.1 Å². The molecule has 0 aromatic heterocycles. The number of anilines is 1. The Hall–Kier alpha value is -1.62. The van der Waals surface area contributed by atoms with Crippen LogP contribution in [0.1, 0.15) is 20.3 Å². The van der Waals surface area contributed by atoms with Crippen LogP contribution in [0.3, 0.4) is 0 Å². The van der Waals surface area contributed by atoms with Gasteiger partial charge in [0.05, 0.1) is 13.0 Å². The van der Waals surface area contributed by atoms with Gasteiger partial charge >= 0.3 is 5.97 Å². The first kappa shape index (κ1) is 15.8. The fourth-order valence-corrected chi connectivity index (χ4v) is 2.66. The van der Waals surface area contributed by atoms with E-state index in [1.807, 2.05) is 19.1 Å². The average molecular weight is 294 g/mol. The van der Waals surface area contributed by atoms with E-state index >= 15 is 0 Å². The Morgan fingerprint density at radius 1 is 1.24 bits per heavy atom. The molecular weight excluding hydrogens is 271 g/mol. The average Bonchev–Trinajstić information content (AvgIpc) is 2.48. The zero-order valence-corrected chi connectivity index (χ0v) is 12.7. The molecule has 0 bridgehead atoms. The van der Waals surface area contributed by atoms with Crippen molar-refractivity contribution in [2.45, 2.75) is 26.3 Å². The molecule has 1 aromatic carbocycles. The molecule has 2 rings (SSSR count). The minimum absolute atomic E-state index is 0.133. The molecule has 0 amide bonds. The van der Waals surface area contributed by atoms with Crippen molar-refractivity contribution in [1.29, 1.82) is 0 Å².